The molecule has 1 aliphatic carbocycles. The largest absolute Gasteiger partial charge is 0.497 e. The molecule has 0 atom stereocenters. The summed E-state index contributed by atoms with van der Waals surface area (Å²) in [6.45, 7) is 3.13. The van der Waals surface area contributed by atoms with Gasteiger partial charge in [0.25, 0.3) is 0 Å². The number of hydrogen-bond donors (Lipinski definition) is 2. The van der Waals surface area contributed by atoms with Crippen LogP contribution in [0.5, 0.6) is 5.75 Å². The Kier molecular flexibility index (Phi) is 7.60. The molecule has 0 radical (unpaired) electrons. The molecule has 2 aromatic carbocycles. The molecule has 0 amide bonds. The van der Waals surface area contributed by atoms with E-state index in [9.17, 15) is 0 Å². The Morgan fingerprint density at radius 3 is 2.39 bits per heavy atom. The Hall–Kier alpha value is -3.35. The van der Waals surface area contributed by atoms with E-state index in [1.54, 1.807) is 7.11 Å². The first-order valence-corrected chi connectivity index (χ1v) is 11.7. The van der Waals surface area contributed by atoms with E-state index in [1.165, 1.54) is 18.4 Å². The lowest BCUT2D eigenvalue weighted by atomic mass is 9.82. The molecule has 1 aromatic heterocycles. The van der Waals surface area contributed by atoms with E-state index in [0.717, 1.165) is 41.8 Å². The molecule has 1 fully saturated rings. The predicted molar refractivity (Wildman–Crippen MR) is 131 cm³/mol. The molecule has 0 bridgehead atoms. The summed E-state index contributed by atoms with van der Waals surface area (Å²) in [5.41, 5.74) is 2.60. The molecule has 7 nitrogen and oxygen atoms in total. The second kappa shape index (κ2) is 11.0. The highest BCUT2D eigenvalue weighted by Gasteiger charge is 2.23. The normalized spacial score (nSPS) is 18.7. The summed E-state index contributed by atoms with van der Waals surface area (Å²) < 4.78 is 7.26. The van der Waals surface area contributed by atoms with Crippen LogP contribution in [0.1, 0.15) is 54.4 Å². The monoisotopic (exact) mass is 446 g/mol. The maximum absolute atomic E-state index is 5.26. The Morgan fingerprint density at radius 2 is 1.76 bits per heavy atom. The van der Waals surface area contributed by atoms with E-state index in [2.05, 4.69) is 63.3 Å². The number of ether oxygens (including phenoxy) is 1. The fraction of sp³-hybridized carbons (Fsp3) is 0.423. The van der Waals surface area contributed by atoms with Crippen LogP contribution in [0.25, 0.3) is 0 Å². The van der Waals surface area contributed by atoms with Gasteiger partial charge < -0.3 is 19.9 Å². The number of methoxy groups -OCH3 is 1. The van der Waals surface area contributed by atoms with Gasteiger partial charge in [0, 0.05) is 13.1 Å². The molecule has 1 heterocycles. The minimum absolute atomic E-state index is 0.410. The lowest BCUT2D eigenvalue weighted by Gasteiger charge is -2.30. The third-order valence-corrected chi connectivity index (χ3v) is 6.51. The van der Waals surface area contributed by atoms with Crippen LogP contribution in [-0.2, 0) is 20.1 Å². The van der Waals surface area contributed by atoms with Crippen LogP contribution >= 0.6 is 0 Å². The van der Waals surface area contributed by atoms with Gasteiger partial charge in [-0.25, -0.2) is 4.99 Å². The fourth-order valence-electron chi connectivity index (χ4n) is 4.31. The summed E-state index contributed by atoms with van der Waals surface area (Å²) in [5, 5.41) is 15.6. The molecular weight excluding hydrogens is 412 g/mol. The molecule has 0 unspecified atom stereocenters. The SMILES string of the molecule is COc1ccc(CN=C(NCc2nnc(C)n2C)NC2CCC(c3ccccc3)CC2)cc1. The van der Waals surface area contributed by atoms with Crippen LogP contribution in [-0.4, -0.2) is 33.9 Å². The summed E-state index contributed by atoms with van der Waals surface area (Å²) in [7, 11) is 3.67. The number of aromatic nitrogens is 3. The minimum atomic E-state index is 0.410. The highest BCUT2D eigenvalue weighted by atomic mass is 16.5. The van der Waals surface area contributed by atoms with Gasteiger partial charge in [-0.3, -0.25) is 0 Å². The molecule has 0 spiro atoms. The van der Waals surface area contributed by atoms with Gasteiger partial charge in [0.15, 0.2) is 11.8 Å². The zero-order chi connectivity index (χ0) is 23.0. The molecule has 33 heavy (non-hydrogen) atoms. The van der Waals surface area contributed by atoms with Gasteiger partial charge in [0.2, 0.25) is 0 Å². The number of nitrogens with zero attached hydrogens (tertiary/aromatic N) is 4. The second-order valence-electron chi connectivity index (χ2n) is 8.69. The second-order valence-corrected chi connectivity index (χ2v) is 8.69. The Bertz CT molecular complexity index is 1040. The molecule has 2 N–H and O–H groups in total. The first-order chi connectivity index (χ1) is 16.1. The third-order valence-electron chi connectivity index (χ3n) is 6.51. The van der Waals surface area contributed by atoms with Crippen molar-refractivity contribution >= 4 is 5.96 Å². The molecule has 0 aliphatic heterocycles. The zero-order valence-corrected chi connectivity index (χ0v) is 19.8. The van der Waals surface area contributed by atoms with E-state index < -0.39 is 0 Å². The van der Waals surface area contributed by atoms with Crippen LogP contribution in [0.4, 0.5) is 0 Å². The van der Waals surface area contributed by atoms with Crippen molar-refractivity contribution in [1.82, 2.24) is 25.4 Å². The van der Waals surface area contributed by atoms with Gasteiger partial charge in [-0.05, 0) is 61.8 Å². The Morgan fingerprint density at radius 1 is 1.03 bits per heavy atom. The van der Waals surface area contributed by atoms with Gasteiger partial charge >= 0.3 is 0 Å². The molecular formula is C26H34N6O. The van der Waals surface area contributed by atoms with Crippen LogP contribution in [0.2, 0.25) is 0 Å². The number of aliphatic imine (C=N–C) groups is 1. The molecule has 3 aromatic rings. The quantitative estimate of drug-likeness (QED) is 0.422. The predicted octanol–water partition coefficient (Wildman–Crippen LogP) is 4.09. The van der Waals surface area contributed by atoms with Crippen molar-refractivity contribution in [3.05, 3.63) is 77.4 Å². The first kappa shape index (κ1) is 22.8. The molecule has 174 valence electrons. The molecule has 4 rings (SSSR count). The fourth-order valence-corrected chi connectivity index (χ4v) is 4.31. The molecule has 1 saturated carbocycles. The topological polar surface area (TPSA) is 76.4 Å². The summed E-state index contributed by atoms with van der Waals surface area (Å²) in [5.74, 6) is 4.11. The van der Waals surface area contributed by atoms with Gasteiger partial charge in [-0.2, -0.15) is 0 Å². The number of nitrogens with one attached hydrogen (secondary N) is 2. The van der Waals surface area contributed by atoms with Crippen molar-refractivity contribution in [1.29, 1.82) is 0 Å². The molecule has 1 aliphatic rings. The highest BCUT2D eigenvalue weighted by molar-refractivity contribution is 5.80. The van der Waals surface area contributed by atoms with E-state index in [0.29, 0.717) is 25.0 Å². The lowest BCUT2D eigenvalue weighted by Crippen LogP contribution is -2.44. The third kappa shape index (κ3) is 6.12. The maximum atomic E-state index is 5.26. The zero-order valence-electron chi connectivity index (χ0n) is 19.8. The first-order valence-electron chi connectivity index (χ1n) is 11.7. The standard InChI is InChI=1S/C26H34N6O/c1-19-30-31-25(32(19)2)18-28-26(27-17-20-9-15-24(33-3)16-10-20)29-23-13-11-22(12-14-23)21-7-5-4-6-8-21/h4-10,15-16,22-23H,11-14,17-18H2,1-3H3,(H2,27,28,29). The molecule has 7 heteroatoms. The van der Waals surface area contributed by atoms with Gasteiger partial charge in [-0.15, -0.1) is 10.2 Å². The summed E-state index contributed by atoms with van der Waals surface area (Å²) in [6, 6.07) is 19.3. The van der Waals surface area contributed by atoms with Crippen molar-refractivity contribution in [2.24, 2.45) is 12.0 Å². The maximum Gasteiger partial charge on any atom is 0.192 e. The Balaban J connectivity index is 1.39. The number of guanidine groups is 1. The highest BCUT2D eigenvalue weighted by Crippen LogP contribution is 2.32. The number of benzene rings is 2. The van der Waals surface area contributed by atoms with Crippen molar-refractivity contribution < 1.29 is 4.74 Å². The minimum Gasteiger partial charge on any atom is -0.497 e. The van der Waals surface area contributed by atoms with Crippen LogP contribution in [0.3, 0.4) is 0 Å². The van der Waals surface area contributed by atoms with Crippen LogP contribution in [0, 0.1) is 6.92 Å². The Labute approximate surface area is 196 Å². The van der Waals surface area contributed by atoms with Crippen molar-refractivity contribution in [2.75, 3.05) is 7.11 Å². The van der Waals surface area contributed by atoms with E-state index in [1.807, 2.05) is 30.7 Å². The smallest absolute Gasteiger partial charge is 0.192 e. The van der Waals surface area contributed by atoms with Crippen molar-refractivity contribution in [2.45, 2.75) is 57.7 Å². The van der Waals surface area contributed by atoms with E-state index >= 15 is 0 Å². The number of hydrogen-bond acceptors (Lipinski definition) is 4. The summed E-state index contributed by atoms with van der Waals surface area (Å²) in [6.07, 6.45) is 4.64. The molecule has 0 saturated heterocycles. The van der Waals surface area contributed by atoms with E-state index in [-0.39, 0.29) is 0 Å². The number of rotatable bonds is 7. The summed E-state index contributed by atoms with van der Waals surface area (Å²) in [4.78, 5) is 4.87. The average molecular weight is 447 g/mol. The van der Waals surface area contributed by atoms with Crippen LogP contribution in [0.15, 0.2) is 59.6 Å². The van der Waals surface area contributed by atoms with Crippen molar-refractivity contribution in [3.8, 4) is 5.75 Å². The number of aryl methyl sites for hydroxylation is 1. The van der Waals surface area contributed by atoms with Gasteiger partial charge in [-0.1, -0.05) is 42.5 Å². The van der Waals surface area contributed by atoms with Crippen LogP contribution < -0.4 is 15.4 Å². The summed E-state index contributed by atoms with van der Waals surface area (Å²) >= 11 is 0. The van der Waals surface area contributed by atoms with E-state index in [4.69, 9.17) is 9.73 Å². The van der Waals surface area contributed by atoms with Gasteiger partial charge in [0.05, 0.1) is 20.2 Å². The van der Waals surface area contributed by atoms with Gasteiger partial charge in [0.1, 0.15) is 11.6 Å². The average Bonchev–Trinajstić information content (AvgIpc) is 3.19. The lowest BCUT2D eigenvalue weighted by molar-refractivity contribution is 0.371. The van der Waals surface area contributed by atoms with Crippen molar-refractivity contribution in [3.63, 3.8) is 0 Å².